The molecule has 1 saturated carbocycles. The van der Waals surface area contributed by atoms with Crippen LogP contribution >= 0.6 is 0 Å². The van der Waals surface area contributed by atoms with Gasteiger partial charge >= 0.3 is 0 Å². The van der Waals surface area contributed by atoms with E-state index in [1.807, 2.05) is 11.0 Å². The van der Waals surface area contributed by atoms with Crippen LogP contribution in [0.15, 0.2) is 29.5 Å². The first kappa shape index (κ1) is 15.1. The van der Waals surface area contributed by atoms with Crippen LogP contribution in [0, 0.1) is 5.92 Å². The highest BCUT2D eigenvalue weighted by atomic mass is 16.5. The minimum Gasteiger partial charge on any atom is -0.477 e. The third kappa shape index (κ3) is 3.67. The van der Waals surface area contributed by atoms with Crippen molar-refractivity contribution in [3.05, 3.63) is 35.0 Å². The van der Waals surface area contributed by atoms with Crippen molar-refractivity contribution >= 4 is 5.91 Å². The van der Waals surface area contributed by atoms with Gasteiger partial charge in [0.1, 0.15) is 0 Å². The summed E-state index contributed by atoms with van der Waals surface area (Å²) in [5, 5.41) is 0. The first-order valence-electron chi connectivity index (χ1n) is 8.21. The molecule has 2 fully saturated rings. The number of ether oxygens (including phenoxy) is 1. The van der Waals surface area contributed by atoms with Crippen LogP contribution < -0.4 is 4.74 Å². The van der Waals surface area contributed by atoms with Crippen LogP contribution in [0.1, 0.15) is 49.9 Å². The number of piperidine rings is 1. The molecule has 4 nitrogen and oxygen atoms in total. The van der Waals surface area contributed by atoms with Crippen LogP contribution in [0.25, 0.3) is 0 Å². The molecule has 1 amide bonds. The van der Waals surface area contributed by atoms with E-state index < -0.39 is 0 Å². The molecule has 1 aromatic heterocycles. The number of pyridine rings is 1. The average Bonchev–Trinajstić information content (AvgIpc) is 3.38. The molecule has 0 radical (unpaired) electrons. The van der Waals surface area contributed by atoms with E-state index in [1.165, 1.54) is 12.8 Å². The van der Waals surface area contributed by atoms with Crippen molar-refractivity contribution in [2.45, 2.75) is 39.5 Å². The number of nitrogens with zero attached hydrogens (tertiary/aromatic N) is 2. The molecule has 3 rings (SSSR count). The van der Waals surface area contributed by atoms with Crippen molar-refractivity contribution in [3.63, 3.8) is 0 Å². The number of allylic oxidation sites excluding steroid dienone is 1. The lowest BCUT2D eigenvalue weighted by atomic mass is 10.0. The fraction of sp³-hybridized carbons (Fsp3) is 0.556. The van der Waals surface area contributed by atoms with Crippen molar-refractivity contribution in [2.24, 2.45) is 5.92 Å². The average molecular weight is 300 g/mol. The molecule has 0 N–H and O–H groups in total. The third-order valence-electron chi connectivity index (χ3n) is 4.20. The van der Waals surface area contributed by atoms with Gasteiger partial charge in [-0.15, -0.1) is 0 Å². The largest absolute Gasteiger partial charge is 0.477 e. The minimum absolute atomic E-state index is 0.0859. The van der Waals surface area contributed by atoms with E-state index in [2.05, 4.69) is 18.8 Å². The molecule has 22 heavy (non-hydrogen) atoms. The molecule has 4 heteroatoms. The molecule has 1 aliphatic heterocycles. The van der Waals surface area contributed by atoms with Gasteiger partial charge in [0.05, 0.1) is 12.2 Å². The fourth-order valence-electron chi connectivity index (χ4n) is 2.78. The standard InChI is InChI=1S/C18H24N2O2/c1-13(2)12-22-17-6-5-16(11-19-17)18(21)20-9-7-15(8-10-20)14-3-4-14/h5-6,11,13H,3-4,7-10,12H2,1-2H3. The summed E-state index contributed by atoms with van der Waals surface area (Å²) in [7, 11) is 0. The lowest BCUT2D eigenvalue weighted by Gasteiger charge is -2.28. The smallest absolute Gasteiger partial charge is 0.255 e. The van der Waals surface area contributed by atoms with Crippen LogP contribution in [0.5, 0.6) is 5.88 Å². The number of hydrogen-bond acceptors (Lipinski definition) is 3. The van der Waals surface area contributed by atoms with E-state index in [-0.39, 0.29) is 5.91 Å². The zero-order valence-corrected chi connectivity index (χ0v) is 13.5. The highest BCUT2D eigenvalue weighted by molar-refractivity contribution is 5.94. The maximum Gasteiger partial charge on any atom is 0.255 e. The summed E-state index contributed by atoms with van der Waals surface area (Å²) in [6.07, 6.45) is 6.29. The van der Waals surface area contributed by atoms with Crippen LogP contribution in [0.3, 0.4) is 0 Å². The number of carbonyl (C=O) groups excluding carboxylic acids is 1. The van der Waals surface area contributed by atoms with Crippen molar-refractivity contribution in [1.82, 2.24) is 9.88 Å². The molecule has 0 atom stereocenters. The van der Waals surface area contributed by atoms with Crippen molar-refractivity contribution in [3.8, 4) is 5.88 Å². The van der Waals surface area contributed by atoms with Gasteiger partial charge in [-0.3, -0.25) is 4.79 Å². The highest BCUT2D eigenvalue weighted by Gasteiger charge is 2.25. The summed E-state index contributed by atoms with van der Waals surface area (Å²) >= 11 is 0. The maximum atomic E-state index is 12.5. The number of rotatable bonds is 4. The van der Waals surface area contributed by atoms with Crippen molar-refractivity contribution in [2.75, 3.05) is 19.7 Å². The van der Waals surface area contributed by atoms with Crippen molar-refractivity contribution < 1.29 is 9.53 Å². The number of aromatic nitrogens is 1. The van der Waals surface area contributed by atoms with Gasteiger partial charge in [-0.25, -0.2) is 4.98 Å². The zero-order valence-electron chi connectivity index (χ0n) is 13.5. The summed E-state index contributed by atoms with van der Waals surface area (Å²) < 4.78 is 5.55. The Morgan fingerprint density at radius 3 is 2.41 bits per heavy atom. The molecule has 0 spiro atoms. The molecule has 2 aliphatic rings. The minimum atomic E-state index is 0.0859. The predicted molar refractivity (Wildman–Crippen MR) is 86.0 cm³/mol. The second-order valence-electron chi connectivity index (χ2n) is 6.59. The van der Waals surface area contributed by atoms with Crippen molar-refractivity contribution in [1.29, 1.82) is 0 Å². The normalized spacial score (nSPS) is 17.9. The van der Waals surface area contributed by atoms with E-state index in [1.54, 1.807) is 23.4 Å². The molecule has 1 aliphatic carbocycles. The summed E-state index contributed by atoms with van der Waals surface area (Å²) in [6, 6.07) is 3.61. The second-order valence-corrected chi connectivity index (χ2v) is 6.59. The molecule has 1 saturated heterocycles. The first-order valence-corrected chi connectivity index (χ1v) is 8.21. The van der Waals surface area contributed by atoms with E-state index >= 15 is 0 Å². The number of amides is 1. The van der Waals surface area contributed by atoms with E-state index in [4.69, 9.17) is 4.74 Å². The monoisotopic (exact) mass is 300 g/mol. The lowest BCUT2D eigenvalue weighted by molar-refractivity contribution is 0.0743. The number of likely N-dealkylation sites (tertiary alicyclic amines) is 1. The van der Waals surface area contributed by atoms with Gasteiger partial charge in [0.2, 0.25) is 5.88 Å². The quantitative estimate of drug-likeness (QED) is 0.800. The molecular weight excluding hydrogens is 276 g/mol. The van der Waals surface area contributed by atoms with Gasteiger partial charge in [-0.2, -0.15) is 0 Å². The van der Waals surface area contributed by atoms with Gasteiger partial charge < -0.3 is 9.64 Å². The SMILES string of the molecule is CC(C)COc1ccc(C(=O)N2CCC(=C3CC3)CC2)cn1. The van der Waals surface area contributed by atoms with Crippen LogP contribution in [0.4, 0.5) is 0 Å². The Balaban J connectivity index is 1.57. The van der Waals surface area contributed by atoms with Crippen LogP contribution in [-0.4, -0.2) is 35.5 Å². The second kappa shape index (κ2) is 6.51. The topological polar surface area (TPSA) is 42.4 Å². The number of carbonyl (C=O) groups is 1. The Morgan fingerprint density at radius 1 is 1.18 bits per heavy atom. The maximum absolute atomic E-state index is 12.5. The summed E-state index contributed by atoms with van der Waals surface area (Å²) in [4.78, 5) is 18.7. The Morgan fingerprint density at radius 2 is 1.86 bits per heavy atom. The Hall–Kier alpha value is -1.84. The van der Waals surface area contributed by atoms with Gasteiger partial charge in [-0.1, -0.05) is 25.0 Å². The Labute approximate surface area is 132 Å². The Kier molecular flexibility index (Phi) is 4.46. The van der Waals surface area contributed by atoms with Gasteiger partial charge in [0, 0.05) is 25.4 Å². The van der Waals surface area contributed by atoms with Gasteiger partial charge in [0.25, 0.3) is 5.91 Å². The molecule has 0 bridgehead atoms. The van der Waals surface area contributed by atoms with Crippen LogP contribution in [-0.2, 0) is 0 Å². The predicted octanol–water partition coefficient (Wildman–Crippen LogP) is 3.44. The number of hydrogen-bond donors (Lipinski definition) is 0. The summed E-state index contributed by atoms with van der Waals surface area (Å²) in [5.41, 5.74) is 3.89. The molecule has 0 unspecified atom stereocenters. The third-order valence-corrected chi connectivity index (χ3v) is 4.20. The fourth-order valence-corrected chi connectivity index (χ4v) is 2.78. The molecule has 2 heterocycles. The molecule has 118 valence electrons. The highest BCUT2D eigenvalue weighted by Crippen LogP contribution is 2.36. The van der Waals surface area contributed by atoms with Crippen LogP contribution in [0.2, 0.25) is 0 Å². The van der Waals surface area contributed by atoms with Gasteiger partial charge in [-0.05, 0) is 37.7 Å². The molecular formula is C18H24N2O2. The van der Waals surface area contributed by atoms with Gasteiger partial charge in [0.15, 0.2) is 0 Å². The molecule has 0 aromatic carbocycles. The first-order chi connectivity index (χ1) is 10.6. The van der Waals surface area contributed by atoms with E-state index in [0.717, 1.165) is 25.9 Å². The lowest BCUT2D eigenvalue weighted by Crippen LogP contribution is -2.36. The Bertz CT molecular complexity index is 559. The summed E-state index contributed by atoms with van der Waals surface area (Å²) in [6.45, 7) is 6.51. The summed E-state index contributed by atoms with van der Waals surface area (Å²) in [5.74, 6) is 1.14. The van der Waals surface area contributed by atoms with E-state index in [0.29, 0.717) is 24.0 Å². The zero-order chi connectivity index (χ0) is 15.5. The van der Waals surface area contributed by atoms with E-state index in [9.17, 15) is 4.79 Å². The molecule has 1 aromatic rings.